The van der Waals surface area contributed by atoms with E-state index in [1.165, 1.54) is 12.0 Å². The number of aromatic hydroxyl groups is 1. The highest BCUT2D eigenvalue weighted by atomic mass is 127. The molecule has 0 radical (unpaired) electrons. The summed E-state index contributed by atoms with van der Waals surface area (Å²) in [6.07, 6.45) is 2.13. The van der Waals surface area contributed by atoms with Crippen LogP contribution >= 0.6 is 61.7 Å². The molecule has 1 aromatic rings. The summed E-state index contributed by atoms with van der Waals surface area (Å²) >= 11 is 19.5. The normalized spacial score (nSPS) is 35.6. The van der Waals surface area contributed by atoms with Crippen LogP contribution in [0.4, 0.5) is 0 Å². The van der Waals surface area contributed by atoms with Crippen molar-refractivity contribution < 1.29 is 29.0 Å². The van der Waals surface area contributed by atoms with Gasteiger partial charge in [-0.1, -0.05) is 27.6 Å². The number of allylic oxidation sites excluding steroid dienone is 2. The van der Waals surface area contributed by atoms with Crippen molar-refractivity contribution in [1.29, 1.82) is 0 Å². The number of hydrogen-bond donors (Lipinski definition) is 1. The molecule has 1 aromatic carbocycles. The average Bonchev–Trinajstić information content (AvgIpc) is 3.18. The Morgan fingerprint density at radius 1 is 1.14 bits per heavy atom. The number of likely N-dealkylation sites (tertiary alicyclic amines) is 2. The largest absolute Gasteiger partial charge is 0.504 e. The summed E-state index contributed by atoms with van der Waals surface area (Å²) in [5, 5.41) is 10.4. The number of hydrogen-bond acceptors (Lipinski definition) is 6. The molecule has 36 heavy (non-hydrogen) atoms. The number of methoxy groups -OCH3 is 1. The zero-order chi connectivity index (χ0) is 26.3. The molecule has 1 saturated carbocycles. The number of carbonyl (C=O) groups excluding carboxylic acids is 4. The van der Waals surface area contributed by atoms with E-state index in [0.29, 0.717) is 21.1 Å². The van der Waals surface area contributed by atoms with Crippen LogP contribution in [0.5, 0.6) is 11.5 Å². The van der Waals surface area contributed by atoms with Crippen LogP contribution < -0.4 is 4.74 Å². The summed E-state index contributed by atoms with van der Waals surface area (Å²) in [6, 6.07) is 3.25. The fourth-order valence-corrected chi connectivity index (χ4v) is 8.47. The van der Waals surface area contributed by atoms with Crippen LogP contribution in [0, 0.1) is 21.3 Å². The number of phenolic OH excluding ortho intramolecular Hbond substituents is 1. The molecule has 2 heterocycles. The number of carbonyl (C=O) groups is 4. The maximum atomic E-state index is 13.7. The van der Waals surface area contributed by atoms with Gasteiger partial charge in [0.2, 0.25) is 11.8 Å². The summed E-state index contributed by atoms with van der Waals surface area (Å²) in [7, 11) is 1.41. The van der Waals surface area contributed by atoms with Crippen molar-refractivity contribution >= 4 is 85.4 Å². The van der Waals surface area contributed by atoms with Crippen molar-refractivity contribution in [3.8, 4) is 11.5 Å². The van der Waals surface area contributed by atoms with E-state index in [2.05, 4.69) is 15.9 Å². The Morgan fingerprint density at radius 3 is 2.44 bits per heavy atom. The van der Waals surface area contributed by atoms with E-state index in [-0.39, 0.29) is 41.7 Å². The average molecular weight is 712 g/mol. The van der Waals surface area contributed by atoms with Gasteiger partial charge >= 0.3 is 0 Å². The van der Waals surface area contributed by atoms with Gasteiger partial charge in [-0.25, -0.2) is 0 Å². The molecule has 4 aliphatic rings. The molecule has 4 amide bonds. The molecule has 5 rings (SSSR count). The van der Waals surface area contributed by atoms with Gasteiger partial charge in [0, 0.05) is 12.5 Å². The molecule has 0 aromatic heterocycles. The van der Waals surface area contributed by atoms with Gasteiger partial charge in [0.15, 0.2) is 21.2 Å². The number of alkyl halides is 3. The lowest BCUT2D eigenvalue weighted by Crippen LogP contribution is -2.60. The van der Waals surface area contributed by atoms with E-state index in [9.17, 15) is 24.3 Å². The first-order valence-corrected chi connectivity index (χ1v) is 14.3. The third kappa shape index (κ3) is 3.16. The number of benzene rings is 1. The number of fused-ring (bicyclic) bond motifs is 4. The first-order chi connectivity index (χ1) is 17.0. The van der Waals surface area contributed by atoms with Gasteiger partial charge in [-0.05, 0) is 66.0 Å². The van der Waals surface area contributed by atoms with E-state index < -0.39 is 45.2 Å². The van der Waals surface area contributed by atoms with Gasteiger partial charge in [0.05, 0.1) is 28.0 Å². The quantitative estimate of drug-likeness (QED) is 0.168. The molecule has 0 spiro atoms. The third-order valence-electron chi connectivity index (χ3n) is 8.03. The molecular formula is C24H22BrCl2IN2O6. The van der Waals surface area contributed by atoms with Gasteiger partial charge in [-0.3, -0.25) is 29.0 Å². The highest BCUT2D eigenvalue weighted by Crippen LogP contribution is 2.65. The summed E-state index contributed by atoms with van der Waals surface area (Å²) in [5.41, 5.74) is 1.13. The number of ether oxygens (including phenoxy) is 1. The minimum atomic E-state index is -1.89. The lowest BCUT2D eigenvalue weighted by atomic mass is 9.56. The minimum Gasteiger partial charge on any atom is -0.504 e. The number of halogens is 4. The van der Waals surface area contributed by atoms with Crippen LogP contribution in [0.15, 0.2) is 23.8 Å². The molecule has 0 bridgehead atoms. The summed E-state index contributed by atoms with van der Waals surface area (Å²) in [5.74, 6) is -4.44. The van der Waals surface area contributed by atoms with Crippen LogP contribution in [0.25, 0.3) is 0 Å². The van der Waals surface area contributed by atoms with Crippen molar-refractivity contribution in [2.75, 3.05) is 19.1 Å². The number of imide groups is 2. The maximum absolute atomic E-state index is 13.7. The molecule has 2 aliphatic carbocycles. The highest BCUT2D eigenvalue weighted by Gasteiger charge is 2.76. The lowest BCUT2D eigenvalue weighted by Gasteiger charge is -2.50. The van der Waals surface area contributed by atoms with Gasteiger partial charge in [-0.15, -0.1) is 23.2 Å². The first kappa shape index (κ1) is 26.2. The van der Waals surface area contributed by atoms with Crippen LogP contribution in [0.3, 0.4) is 0 Å². The SMILES string of the molecule is CCN1C(=O)C2CC=C3C(CC4(Cl)C(=O)N(CBr)C(=O)C4(Cl)C3c3cc(I)c(O)c(OC)c3)C2C1=O. The first-order valence-electron chi connectivity index (χ1n) is 11.4. The van der Waals surface area contributed by atoms with Gasteiger partial charge < -0.3 is 9.84 Å². The van der Waals surface area contributed by atoms with Crippen LogP contribution in [-0.2, 0) is 19.2 Å². The van der Waals surface area contributed by atoms with E-state index >= 15 is 0 Å². The van der Waals surface area contributed by atoms with Gasteiger partial charge in [0.1, 0.15) is 0 Å². The second-order valence-corrected chi connectivity index (χ2v) is 12.4. The number of rotatable bonds is 4. The van der Waals surface area contributed by atoms with E-state index in [1.54, 1.807) is 19.1 Å². The monoisotopic (exact) mass is 710 g/mol. The molecule has 12 heteroatoms. The van der Waals surface area contributed by atoms with Crippen LogP contribution in [-0.4, -0.2) is 67.4 Å². The molecular weight excluding hydrogens is 690 g/mol. The predicted octanol–water partition coefficient (Wildman–Crippen LogP) is 3.74. The highest BCUT2D eigenvalue weighted by molar-refractivity contribution is 14.1. The Morgan fingerprint density at radius 2 is 1.83 bits per heavy atom. The number of phenols is 1. The zero-order valence-corrected chi connectivity index (χ0v) is 24.5. The Balaban J connectivity index is 1.77. The Kier molecular flexibility index (Phi) is 6.45. The molecule has 192 valence electrons. The Hall–Kier alpha value is -1.37. The van der Waals surface area contributed by atoms with Crippen LogP contribution in [0.2, 0.25) is 0 Å². The van der Waals surface area contributed by atoms with Crippen molar-refractivity contribution in [1.82, 2.24) is 9.80 Å². The van der Waals surface area contributed by atoms with Crippen LogP contribution in [0.1, 0.15) is 31.2 Å². The van der Waals surface area contributed by atoms with Gasteiger partial charge in [-0.2, -0.15) is 0 Å². The molecule has 3 fully saturated rings. The molecule has 2 aliphatic heterocycles. The summed E-state index contributed by atoms with van der Waals surface area (Å²) in [6.45, 7) is 2.00. The maximum Gasteiger partial charge on any atom is 0.254 e. The lowest BCUT2D eigenvalue weighted by molar-refractivity contribution is -0.141. The molecule has 8 nitrogen and oxygen atoms in total. The standard InChI is InChI=1S/C24H22BrCl2IN2O6/c1-3-29-19(32)12-5-4-11-13(16(12)20(29)33)8-23(26)21(34)30(9-25)22(35)24(23,27)17(11)10-6-14(28)18(31)15(7-10)36-2/h4,6-7,12-13,16-17,31H,3,5,8-9H2,1-2H3. The van der Waals surface area contributed by atoms with E-state index in [4.69, 9.17) is 27.9 Å². The zero-order valence-electron chi connectivity index (χ0n) is 19.3. The predicted molar refractivity (Wildman–Crippen MR) is 143 cm³/mol. The van der Waals surface area contributed by atoms with Crippen molar-refractivity contribution in [3.05, 3.63) is 32.9 Å². The smallest absolute Gasteiger partial charge is 0.254 e. The topological polar surface area (TPSA) is 104 Å². The number of amides is 4. The fourth-order valence-electron chi connectivity index (χ4n) is 6.42. The summed E-state index contributed by atoms with van der Waals surface area (Å²) in [4.78, 5) is 52.2. The van der Waals surface area contributed by atoms with E-state index in [0.717, 1.165) is 4.90 Å². The molecule has 2 saturated heterocycles. The molecule has 1 N–H and O–H groups in total. The molecule has 6 unspecified atom stereocenters. The second-order valence-electron chi connectivity index (χ2n) is 9.46. The van der Waals surface area contributed by atoms with Crippen molar-refractivity contribution in [2.24, 2.45) is 17.8 Å². The van der Waals surface area contributed by atoms with E-state index in [1.807, 2.05) is 28.7 Å². The third-order valence-corrected chi connectivity index (χ3v) is 10.8. The number of nitrogens with zero attached hydrogens (tertiary/aromatic N) is 2. The van der Waals surface area contributed by atoms with Crippen molar-refractivity contribution in [3.63, 3.8) is 0 Å². The minimum absolute atomic E-state index is 0.0570. The second kappa shape index (κ2) is 8.84. The fraction of sp³-hybridized carbons (Fsp3) is 0.500. The molecule has 6 atom stereocenters. The van der Waals surface area contributed by atoms with Crippen molar-refractivity contribution in [2.45, 2.75) is 35.4 Å². The summed E-state index contributed by atoms with van der Waals surface area (Å²) < 4.78 is 5.81. The Bertz CT molecular complexity index is 1260. The Labute approximate surface area is 239 Å². The van der Waals surface area contributed by atoms with Gasteiger partial charge in [0.25, 0.3) is 11.8 Å².